The summed E-state index contributed by atoms with van der Waals surface area (Å²) in [6.45, 7) is 0. The molecule has 0 aliphatic carbocycles. The van der Waals surface area contributed by atoms with E-state index in [1.165, 1.54) is 18.2 Å². The fraction of sp³-hybridized carbons (Fsp3) is 0.333. The van der Waals surface area contributed by atoms with E-state index in [0.29, 0.717) is 0 Å². The molecule has 0 unspecified atom stereocenters. The lowest BCUT2D eigenvalue weighted by Gasteiger charge is -1.97. The van der Waals surface area contributed by atoms with Gasteiger partial charge in [0.25, 0.3) is 10.1 Å². The van der Waals surface area contributed by atoms with Crippen LogP contribution in [0.1, 0.15) is 0 Å². The topological polar surface area (TPSA) is 77.8 Å². The molecule has 0 atom stereocenters. The third-order valence-electron chi connectivity index (χ3n) is 1.14. The van der Waals surface area contributed by atoms with Gasteiger partial charge in [-0.2, -0.15) is 8.42 Å². The van der Waals surface area contributed by atoms with Gasteiger partial charge in [0.05, 0.1) is 0 Å². The lowest BCUT2D eigenvalue weighted by Crippen LogP contribution is -1.99. The van der Waals surface area contributed by atoms with E-state index in [4.69, 9.17) is 9.66 Å². The third kappa shape index (κ3) is 6.05. The molecule has 0 radical (unpaired) electrons. The van der Waals surface area contributed by atoms with Gasteiger partial charge in [0, 0.05) is 0 Å². The molecule has 15 heavy (non-hydrogen) atoms. The van der Waals surface area contributed by atoms with Gasteiger partial charge >= 0.3 is 0 Å². The molecule has 0 amide bonds. The van der Waals surface area contributed by atoms with Crippen LogP contribution in [-0.2, 0) is 10.1 Å². The number of para-hydroxylation sites is 1. The van der Waals surface area contributed by atoms with E-state index in [2.05, 4.69) is 0 Å². The second-order valence-corrected chi connectivity index (χ2v) is 4.67. The first-order chi connectivity index (χ1) is 6.75. The van der Waals surface area contributed by atoms with Crippen molar-refractivity contribution in [3.05, 3.63) is 24.3 Å². The summed E-state index contributed by atoms with van der Waals surface area (Å²) in [5.74, 6) is -0.449. The van der Waals surface area contributed by atoms with Crippen molar-refractivity contribution in [2.45, 2.75) is 4.90 Å². The van der Waals surface area contributed by atoms with Crippen LogP contribution >= 0.6 is 0 Å². The first-order valence-corrected chi connectivity index (χ1v) is 5.55. The Kier molecular flexibility index (Phi) is 5.27. The molecule has 0 aliphatic heterocycles. The van der Waals surface area contributed by atoms with E-state index in [1.54, 1.807) is 0 Å². The van der Waals surface area contributed by atoms with Crippen LogP contribution in [0.5, 0.6) is 5.75 Å². The largest absolute Gasteiger partial charge is 0.506 e. The number of phenolic OH excluding ortho intramolecular Hbond substituents is 1. The second-order valence-electron chi connectivity index (χ2n) is 3.28. The van der Waals surface area contributed by atoms with Crippen LogP contribution in [0.4, 0.5) is 0 Å². The van der Waals surface area contributed by atoms with Crippen molar-refractivity contribution in [1.29, 1.82) is 0 Å². The van der Waals surface area contributed by atoms with Crippen molar-refractivity contribution in [3.63, 3.8) is 0 Å². The van der Waals surface area contributed by atoms with Crippen LogP contribution in [0.2, 0.25) is 0 Å². The summed E-state index contributed by atoms with van der Waals surface area (Å²) in [5.41, 5.74) is 0. The Bertz CT molecular complexity index is 398. The zero-order valence-electron chi connectivity index (χ0n) is 8.88. The number of phenols is 1. The molecule has 0 heterocycles. The molecule has 0 spiro atoms. The average Bonchev–Trinajstić information content (AvgIpc) is 2.01. The van der Waals surface area contributed by atoms with Crippen LogP contribution in [0.3, 0.4) is 0 Å². The fourth-order valence-corrected chi connectivity index (χ4v) is 1.26. The van der Waals surface area contributed by atoms with Gasteiger partial charge in [-0.1, -0.05) is 12.1 Å². The monoisotopic (exact) mass is 233 g/mol. The summed E-state index contributed by atoms with van der Waals surface area (Å²) >= 11 is 0. The highest BCUT2D eigenvalue weighted by molar-refractivity contribution is 7.86. The van der Waals surface area contributed by atoms with Gasteiger partial charge in [0.15, 0.2) is 0 Å². The standard InChI is InChI=1S/C6H6O4S.C3H9N/c7-5-3-1-2-4-6(5)11(8,9)10;1-4(2)3/h1-4,7H,(H,8,9,10);1-3H3. The highest BCUT2D eigenvalue weighted by Gasteiger charge is 2.12. The van der Waals surface area contributed by atoms with Gasteiger partial charge in [0.1, 0.15) is 10.6 Å². The predicted molar refractivity (Wildman–Crippen MR) is 57.5 cm³/mol. The molecule has 2 N–H and O–H groups in total. The number of rotatable bonds is 1. The lowest BCUT2D eigenvalue weighted by molar-refractivity contribution is 0.443. The van der Waals surface area contributed by atoms with Crippen molar-refractivity contribution in [2.75, 3.05) is 21.1 Å². The average molecular weight is 233 g/mol. The Hall–Kier alpha value is -1.11. The SMILES string of the molecule is CN(C)C.O=S(=O)(O)c1ccccc1O. The Morgan fingerprint density at radius 3 is 1.80 bits per heavy atom. The maximum absolute atomic E-state index is 10.4. The van der Waals surface area contributed by atoms with Gasteiger partial charge in [-0.25, -0.2) is 0 Å². The number of benzene rings is 1. The molecule has 0 saturated heterocycles. The summed E-state index contributed by atoms with van der Waals surface area (Å²) < 4.78 is 29.4. The highest BCUT2D eigenvalue weighted by Crippen LogP contribution is 2.20. The van der Waals surface area contributed by atoms with Crippen molar-refractivity contribution in [1.82, 2.24) is 4.90 Å². The minimum absolute atomic E-state index is 0.449. The van der Waals surface area contributed by atoms with Gasteiger partial charge in [0.2, 0.25) is 0 Å². The molecule has 0 fully saturated rings. The van der Waals surface area contributed by atoms with E-state index in [0.717, 1.165) is 6.07 Å². The maximum atomic E-state index is 10.4. The molecule has 1 aromatic rings. The van der Waals surface area contributed by atoms with Crippen LogP contribution in [0.25, 0.3) is 0 Å². The first-order valence-electron chi connectivity index (χ1n) is 4.11. The normalized spacial score (nSPS) is 10.7. The molecule has 0 aromatic heterocycles. The van der Waals surface area contributed by atoms with E-state index in [-0.39, 0.29) is 0 Å². The summed E-state index contributed by atoms with van der Waals surface area (Å²) in [4.78, 5) is 1.53. The lowest BCUT2D eigenvalue weighted by atomic mass is 10.3. The minimum Gasteiger partial charge on any atom is -0.506 e. The minimum atomic E-state index is -4.28. The number of hydrogen-bond acceptors (Lipinski definition) is 4. The van der Waals surface area contributed by atoms with Crippen molar-refractivity contribution < 1.29 is 18.1 Å². The van der Waals surface area contributed by atoms with Crippen LogP contribution in [0, 0.1) is 0 Å². The van der Waals surface area contributed by atoms with Gasteiger partial charge in [-0.05, 0) is 33.3 Å². The summed E-state index contributed by atoms with van der Waals surface area (Å²) in [6, 6.07) is 5.17. The molecule has 6 heteroatoms. The smallest absolute Gasteiger partial charge is 0.298 e. The van der Waals surface area contributed by atoms with Gasteiger partial charge in [-0.3, -0.25) is 4.55 Å². The van der Waals surface area contributed by atoms with Gasteiger partial charge in [-0.15, -0.1) is 0 Å². The van der Waals surface area contributed by atoms with Gasteiger partial charge < -0.3 is 10.0 Å². The molecular weight excluding hydrogens is 218 g/mol. The molecule has 5 nitrogen and oxygen atoms in total. The molecule has 86 valence electrons. The Morgan fingerprint density at radius 2 is 1.53 bits per heavy atom. The van der Waals surface area contributed by atoms with E-state index in [9.17, 15) is 8.42 Å². The quantitative estimate of drug-likeness (QED) is 0.702. The number of aromatic hydroxyl groups is 1. The molecule has 1 rings (SSSR count). The first kappa shape index (κ1) is 13.9. The van der Waals surface area contributed by atoms with Crippen molar-refractivity contribution in [2.24, 2.45) is 0 Å². The second kappa shape index (κ2) is 5.69. The highest BCUT2D eigenvalue weighted by atomic mass is 32.2. The molecule has 1 aromatic carbocycles. The third-order valence-corrected chi connectivity index (χ3v) is 2.04. The Morgan fingerprint density at radius 1 is 1.13 bits per heavy atom. The zero-order valence-corrected chi connectivity index (χ0v) is 9.69. The molecular formula is C9H15NO4S. The van der Waals surface area contributed by atoms with E-state index < -0.39 is 20.8 Å². The van der Waals surface area contributed by atoms with Crippen molar-refractivity contribution >= 4 is 10.1 Å². The summed E-state index contributed by atoms with van der Waals surface area (Å²) in [6.07, 6.45) is 0. The Labute approximate surface area is 89.7 Å². The summed E-state index contributed by atoms with van der Waals surface area (Å²) in [5, 5.41) is 8.91. The van der Waals surface area contributed by atoms with E-state index >= 15 is 0 Å². The molecule has 0 bridgehead atoms. The molecule has 0 aliphatic rings. The predicted octanol–water partition coefficient (Wildman–Crippen LogP) is 0.817. The number of nitrogens with zero attached hydrogens (tertiary/aromatic N) is 1. The van der Waals surface area contributed by atoms with Crippen LogP contribution in [0.15, 0.2) is 29.2 Å². The Balaban J connectivity index is 0.000000423. The van der Waals surface area contributed by atoms with Crippen LogP contribution < -0.4 is 0 Å². The number of hydrogen-bond donors (Lipinski definition) is 2. The van der Waals surface area contributed by atoms with E-state index in [1.807, 2.05) is 26.0 Å². The maximum Gasteiger partial charge on any atom is 0.298 e. The summed E-state index contributed by atoms with van der Waals surface area (Å²) in [7, 11) is 1.72. The zero-order chi connectivity index (χ0) is 12.1. The molecule has 0 saturated carbocycles. The fourth-order valence-electron chi connectivity index (χ4n) is 0.675. The van der Waals surface area contributed by atoms with Crippen LogP contribution in [-0.4, -0.2) is 44.1 Å². The van der Waals surface area contributed by atoms with Crippen molar-refractivity contribution in [3.8, 4) is 5.75 Å².